The van der Waals surface area contributed by atoms with Gasteiger partial charge in [0.25, 0.3) is 5.91 Å². The average molecular weight is 514 g/mol. The first-order valence-corrected chi connectivity index (χ1v) is 13.0. The predicted molar refractivity (Wildman–Crippen MR) is 143 cm³/mol. The van der Waals surface area contributed by atoms with Crippen molar-refractivity contribution < 1.29 is 9.59 Å². The fourth-order valence-corrected chi connectivity index (χ4v) is 5.11. The third-order valence-corrected chi connectivity index (χ3v) is 7.80. The van der Waals surface area contributed by atoms with Crippen LogP contribution >= 0.6 is 0 Å². The van der Waals surface area contributed by atoms with Crippen LogP contribution in [0.15, 0.2) is 43.0 Å². The summed E-state index contributed by atoms with van der Waals surface area (Å²) < 4.78 is 3.36. The van der Waals surface area contributed by atoms with Gasteiger partial charge in [0, 0.05) is 38.0 Å². The summed E-state index contributed by atoms with van der Waals surface area (Å²) in [6.45, 7) is 4.72. The van der Waals surface area contributed by atoms with Gasteiger partial charge >= 0.3 is 0 Å². The lowest BCUT2D eigenvalue weighted by atomic mass is 9.94. The van der Waals surface area contributed by atoms with Crippen LogP contribution < -0.4 is 10.6 Å². The summed E-state index contributed by atoms with van der Waals surface area (Å²) in [5.41, 5.74) is 4.74. The molecule has 1 saturated heterocycles. The van der Waals surface area contributed by atoms with Crippen molar-refractivity contribution in [2.75, 3.05) is 30.3 Å². The van der Waals surface area contributed by atoms with Crippen LogP contribution in [0.5, 0.6) is 0 Å². The number of anilines is 2. The lowest BCUT2D eigenvalue weighted by Gasteiger charge is -2.31. The highest BCUT2D eigenvalue weighted by molar-refractivity contribution is 6.03. The van der Waals surface area contributed by atoms with E-state index in [2.05, 4.69) is 35.8 Å². The molecule has 5 heterocycles. The highest BCUT2D eigenvalue weighted by Crippen LogP contribution is 2.53. The Labute approximate surface area is 220 Å². The first-order valence-electron chi connectivity index (χ1n) is 13.0. The number of nitrogens with zero attached hydrogens (tertiary/aromatic N) is 7. The minimum absolute atomic E-state index is 0.0625. The Balaban J connectivity index is 1.09. The van der Waals surface area contributed by atoms with E-state index in [0.29, 0.717) is 34.6 Å². The lowest BCUT2D eigenvalue weighted by Crippen LogP contribution is -2.36. The molecule has 11 nitrogen and oxygen atoms in total. The first-order chi connectivity index (χ1) is 18.4. The smallest absolute Gasteiger partial charge is 0.294 e. The molecule has 2 N–H and O–H groups in total. The molecule has 0 bridgehead atoms. The lowest BCUT2D eigenvalue weighted by molar-refractivity contribution is -0.116. The molecule has 1 spiro atoms. The van der Waals surface area contributed by atoms with E-state index >= 15 is 0 Å². The van der Waals surface area contributed by atoms with Gasteiger partial charge in [-0.1, -0.05) is 0 Å². The molecule has 4 aromatic heterocycles. The molecule has 0 atom stereocenters. The summed E-state index contributed by atoms with van der Waals surface area (Å²) in [7, 11) is 1.86. The van der Waals surface area contributed by atoms with E-state index in [1.807, 2.05) is 25.4 Å². The molecule has 0 radical (unpaired) electrons. The summed E-state index contributed by atoms with van der Waals surface area (Å²) >= 11 is 0. The molecule has 2 fully saturated rings. The van der Waals surface area contributed by atoms with Gasteiger partial charge in [0.15, 0.2) is 5.65 Å². The zero-order valence-electron chi connectivity index (χ0n) is 21.6. The SMILES string of the molecule is Cc1ncc(NC(=O)CCN2CCC3(CC2)CC3)cc1NC(=O)c1nnc2cc(-c3cnn(C)c3)ccn12. The standard InChI is InChI=1S/C27H31N9O2/c1-18-22(14-21(16-28-18)30-24(37)4-9-35-11-7-27(5-6-27)8-12-35)31-26(38)25-33-32-23-13-19(3-10-36(23)25)20-15-29-34(2)17-20/h3,10,13-17H,4-9,11-12H2,1-2H3,(H,30,37)(H,31,38). The quantitative estimate of drug-likeness (QED) is 0.389. The number of carbonyl (C=O) groups excluding carboxylic acids is 2. The molecule has 1 aliphatic heterocycles. The molecule has 196 valence electrons. The fourth-order valence-electron chi connectivity index (χ4n) is 5.11. The van der Waals surface area contributed by atoms with Gasteiger partial charge in [-0.15, -0.1) is 10.2 Å². The van der Waals surface area contributed by atoms with Crippen molar-refractivity contribution in [1.82, 2.24) is 34.3 Å². The zero-order chi connectivity index (χ0) is 26.3. The molecule has 11 heteroatoms. The van der Waals surface area contributed by atoms with Gasteiger partial charge < -0.3 is 15.5 Å². The van der Waals surface area contributed by atoms with E-state index < -0.39 is 5.91 Å². The van der Waals surface area contributed by atoms with Crippen LogP contribution in [0.4, 0.5) is 11.4 Å². The van der Waals surface area contributed by atoms with E-state index in [4.69, 9.17) is 0 Å². The van der Waals surface area contributed by atoms with Crippen molar-refractivity contribution in [2.24, 2.45) is 12.5 Å². The van der Waals surface area contributed by atoms with Crippen LogP contribution in [-0.4, -0.2) is 65.7 Å². The molecular formula is C27H31N9O2. The van der Waals surface area contributed by atoms with Gasteiger partial charge in [-0.3, -0.25) is 23.7 Å². The van der Waals surface area contributed by atoms with Gasteiger partial charge in [-0.2, -0.15) is 5.10 Å². The van der Waals surface area contributed by atoms with E-state index in [1.165, 1.54) is 25.7 Å². The Morgan fingerprint density at radius 1 is 1.03 bits per heavy atom. The van der Waals surface area contributed by atoms with Crippen LogP contribution in [0.1, 0.15) is 48.4 Å². The summed E-state index contributed by atoms with van der Waals surface area (Å²) in [5.74, 6) is -0.327. The summed E-state index contributed by atoms with van der Waals surface area (Å²) in [5, 5.41) is 18.3. The van der Waals surface area contributed by atoms with Crippen molar-refractivity contribution in [3.8, 4) is 11.1 Å². The molecule has 4 aromatic rings. The Morgan fingerprint density at radius 2 is 1.84 bits per heavy atom. The Morgan fingerprint density at radius 3 is 2.58 bits per heavy atom. The van der Waals surface area contributed by atoms with Crippen LogP contribution in [-0.2, 0) is 11.8 Å². The highest BCUT2D eigenvalue weighted by atomic mass is 16.2. The number of likely N-dealkylation sites (tertiary alicyclic amines) is 1. The topological polar surface area (TPSA) is 122 Å². The molecule has 1 aliphatic carbocycles. The molecule has 6 rings (SSSR count). The zero-order valence-corrected chi connectivity index (χ0v) is 21.6. The Kier molecular flexibility index (Phi) is 6.15. The van der Waals surface area contributed by atoms with Crippen molar-refractivity contribution >= 4 is 28.8 Å². The number of fused-ring (bicyclic) bond motifs is 1. The van der Waals surface area contributed by atoms with Gasteiger partial charge in [-0.05, 0) is 74.9 Å². The minimum atomic E-state index is -0.418. The monoisotopic (exact) mass is 513 g/mol. The second-order valence-corrected chi connectivity index (χ2v) is 10.5. The molecule has 38 heavy (non-hydrogen) atoms. The van der Waals surface area contributed by atoms with E-state index in [-0.39, 0.29) is 11.7 Å². The Bertz CT molecular complexity index is 1510. The molecular weight excluding hydrogens is 482 g/mol. The average Bonchev–Trinajstić information content (AvgIpc) is 3.31. The van der Waals surface area contributed by atoms with Crippen LogP contribution in [0, 0.1) is 12.3 Å². The number of aryl methyl sites for hydroxylation is 2. The van der Waals surface area contributed by atoms with Gasteiger partial charge in [0.05, 0.1) is 29.5 Å². The predicted octanol–water partition coefficient (Wildman–Crippen LogP) is 3.29. The van der Waals surface area contributed by atoms with Gasteiger partial charge in [-0.25, -0.2) is 0 Å². The second kappa shape index (κ2) is 9.64. The second-order valence-electron chi connectivity index (χ2n) is 10.5. The third kappa shape index (κ3) is 5.01. The fraction of sp³-hybridized carbons (Fsp3) is 0.407. The highest BCUT2D eigenvalue weighted by Gasteiger charge is 2.44. The molecule has 0 aromatic carbocycles. The van der Waals surface area contributed by atoms with Crippen molar-refractivity contribution in [1.29, 1.82) is 0 Å². The number of amides is 2. The molecule has 1 saturated carbocycles. The number of rotatable bonds is 7. The number of nitrogens with one attached hydrogen (secondary N) is 2. The number of piperidine rings is 1. The maximum Gasteiger partial charge on any atom is 0.294 e. The number of carbonyl (C=O) groups is 2. The van der Waals surface area contributed by atoms with E-state index in [0.717, 1.165) is 30.8 Å². The van der Waals surface area contributed by atoms with E-state index in [1.54, 1.807) is 40.7 Å². The molecule has 2 aliphatic rings. The van der Waals surface area contributed by atoms with Crippen LogP contribution in [0.2, 0.25) is 0 Å². The van der Waals surface area contributed by atoms with Crippen molar-refractivity contribution in [3.63, 3.8) is 0 Å². The number of hydrogen-bond acceptors (Lipinski definition) is 7. The van der Waals surface area contributed by atoms with Crippen LogP contribution in [0.3, 0.4) is 0 Å². The number of aromatic nitrogens is 6. The molecule has 0 unspecified atom stereocenters. The molecule has 2 amide bonds. The van der Waals surface area contributed by atoms with Crippen molar-refractivity contribution in [3.05, 3.63) is 54.5 Å². The van der Waals surface area contributed by atoms with E-state index in [9.17, 15) is 9.59 Å². The maximum atomic E-state index is 13.1. The van der Waals surface area contributed by atoms with Gasteiger partial charge in [0.2, 0.25) is 11.7 Å². The first kappa shape index (κ1) is 24.2. The largest absolute Gasteiger partial charge is 0.325 e. The van der Waals surface area contributed by atoms with Gasteiger partial charge in [0.1, 0.15) is 0 Å². The summed E-state index contributed by atoms with van der Waals surface area (Å²) in [6.07, 6.45) is 12.7. The van der Waals surface area contributed by atoms with Crippen molar-refractivity contribution in [2.45, 2.75) is 39.0 Å². The number of pyridine rings is 2. The van der Waals surface area contributed by atoms with Crippen LogP contribution in [0.25, 0.3) is 16.8 Å². The minimum Gasteiger partial charge on any atom is -0.325 e. The third-order valence-electron chi connectivity index (χ3n) is 7.80. The normalized spacial score (nSPS) is 16.6. The number of hydrogen-bond donors (Lipinski definition) is 2. The summed E-state index contributed by atoms with van der Waals surface area (Å²) in [4.78, 5) is 32.4. The maximum absolute atomic E-state index is 13.1. The summed E-state index contributed by atoms with van der Waals surface area (Å²) in [6, 6.07) is 5.47. The Hall–Kier alpha value is -4.12.